The third-order valence-electron chi connectivity index (χ3n) is 5.77. The molecule has 0 atom stereocenters. The van der Waals surface area contributed by atoms with E-state index in [9.17, 15) is 0 Å². The second-order valence-corrected chi connectivity index (χ2v) is 7.54. The first-order valence-corrected chi connectivity index (χ1v) is 10.3. The van der Waals surface area contributed by atoms with Gasteiger partial charge in [0.05, 0.1) is 41.1 Å². The van der Waals surface area contributed by atoms with E-state index in [1.807, 2.05) is 12.1 Å². The molecule has 1 aliphatic rings. The number of piperazine rings is 1. The number of methoxy groups -OCH3 is 5. The van der Waals surface area contributed by atoms with Crippen LogP contribution < -0.4 is 33.5 Å². The average molecular weight is 419 g/mol. The van der Waals surface area contributed by atoms with Crippen molar-refractivity contribution in [1.29, 1.82) is 0 Å². The zero-order chi connectivity index (χ0) is 21.5. The maximum absolute atomic E-state index is 5.59. The van der Waals surface area contributed by atoms with Crippen LogP contribution in [0.25, 0.3) is 0 Å². The number of rotatable bonds is 9. The molecule has 2 N–H and O–H groups in total. The Morgan fingerprint density at radius 2 is 1.17 bits per heavy atom. The Morgan fingerprint density at radius 1 is 0.633 bits per heavy atom. The standard InChI is InChI=1S/C23H32N2O5/c1-26-19-8-6-7-18(22(19)29-4)16-25-11-9-24(10-12-25)15-17-13-20(27-2)23(30-5)21(14-17)28-3/h6-8,13-14H,9-12,15-16H2,1-5H3/p+2. The Kier molecular flexibility index (Phi) is 7.65. The molecule has 0 spiro atoms. The van der Waals surface area contributed by atoms with Gasteiger partial charge in [-0.05, 0) is 24.3 Å². The molecule has 0 bridgehead atoms. The predicted octanol–water partition coefficient (Wildman–Crippen LogP) is 0.213. The Balaban J connectivity index is 1.62. The number of benzene rings is 2. The molecule has 0 aliphatic carbocycles. The van der Waals surface area contributed by atoms with Crippen molar-refractivity contribution in [3.05, 3.63) is 41.5 Å². The molecule has 30 heavy (non-hydrogen) atoms. The van der Waals surface area contributed by atoms with E-state index in [-0.39, 0.29) is 0 Å². The fraction of sp³-hybridized carbons (Fsp3) is 0.478. The molecule has 0 radical (unpaired) electrons. The number of quaternary nitrogens is 2. The predicted molar refractivity (Wildman–Crippen MR) is 114 cm³/mol. The molecule has 1 aliphatic heterocycles. The van der Waals surface area contributed by atoms with E-state index in [0.29, 0.717) is 17.2 Å². The smallest absolute Gasteiger partial charge is 0.203 e. The molecule has 0 aromatic heterocycles. The van der Waals surface area contributed by atoms with Crippen molar-refractivity contribution in [3.63, 3.8) is 0 Å². The fourth-order valence-electron chi connectivity index (χ4n) is 4.20. The third kappa shape index (κ3) is 4.91. The average Bonchev–Trinajstić information content (AvgIpc) is 2.79. The minimum Gasteiger partial charge on any atom is -0.493 e. The lowest BCUT2D eigenvalue weighted by molar-refractivity contribution is -1.02. The molecule has 0 amide bonds. The van der Waals surface area contributed by atoms with Crippen molar-refractivity contribution in [2.45, 2.75) is 13.1 Å². The first kappa shape index (κ1) is 22.1. The normalized spacial score (nSPS) is 18.6. The summed E-state index contributed by atoms with van der Waals surface area (Å²) in [7, 11) is 8.33. The lowest BCUT2D eigenvalue weighted by Crippen LogP contribution is -3.27. The fourth-order valence-corrected chi connectivity index (χ4v) is 4.20. The van der Waals surface area contributed by atoms with Gasteiger partial charge in [-0.25, -0.2) is 0 Å². The quantitative estimate of drug-likeness (QED) is 0.610. The maximum atomic E-state index is 5.59. The molecule has 1 saturated heterocycles. The lowest BCUT2D eigenvalue weighted by atomic mass is 10.1. The second kappa shape index (κ2) is 10.4. The number of nitrogens with one attached hydrogen (secondary N) is 2. The van der Waals surface area contributed by atoms with Crippen molar-refractivity contribution in [3.8, 4) is 28.7 Å². The first-order valence-electron chi connectivity index (χ1n) is 10.3. The number of para-hydroxylation sites is 1. The highest BCUT2D eigenvalue weighted by atomic mass is 16.5. The summed E-state index contributed by atoms with van der Waals surface area (Å²) in [6.45, 7) is 6.32. The summed E-state index contributed by atoms with van der Waals surface area (Å²) in [6.07, 6.45) is 0. The van der Waals surface area contributed by atoms with E-state index in [1.165, 1.54) is 11.1 Å². The topological polar surface area (TPSA) is 55.0 Å². The van der Waals surface area contributed by atoms with E-state index in [0.717, 1.165) is 50.8 Å². The molecule has 2 aromatic rings. The molecule has 164 valence electrons. The van der Waals surface area contributed by atoms with Gasteiger partial charge in [-0.1, -0.05) is 6.07 Å². The molecule has 0 unspecified atom stereocenters. The second-order valence-electron chi connectivity index (χ2n) is 7.54. The van der Waals surface area contributed by atoms with Gasteiger partial charge in [0.2, 0.25) is 5.75 Å². The summed E-state index contributed by atoms with van der Waals surface area (Å²) in [4.78, 5) is 3.13. The van der Waals surface area contributed by atoms with Crippen LogP contribution in [0.1, 0.15) is 11.1 Å². The molecule has 3 rings (SSSR count). The maximum Gasteiger partial charge on any atom is 0.203 e. The highest BCUT2D eigenvalue weighted by molar-refractivity contribution is 5.53. The number of hydrogen-bond acceptors (Lipinski definition) is 5. The number of ether oxygens (including phenoxy) is 5. The zero-order valence-electron chi connectivity index (χ0n) is 18.7. The van der Waals surface area contributed by atoms with Crippen molar-refractivity contribution < 1.29 is 33.5 Å². The van der Waals surface area contributed by atoms with E-state index >= 15 is 0 Å². The molecule has 0 saturated carbocycles. The molecule has 7 nitrogen and oxygen atoms in total. The molecular weight excluding hydrogens is 384 g/mol. The Bertz CT molecular complexity index is 809. The SMILES string of the molecule is COc1cccc(C[NH+]2CC[NH+](Cc3cc(OC)c(OC)c(OC)c3)CC2)c1OC. The summed E-state index contributed by atoms with van der Waals surface area (Å²) in [5, 5.41) is 0. The van der Waals surface area contributed by atoms with Gasteiger partial charge in [0.1, 0.15) is 39.3 Å². The van der Waals surface area contributed by atoms with Crippen LogP contribution >= 0.6 is 0 Å². The number of hydrogen-bond donors (Lipinski definition) is 2. The minimum atomic E-state index is 0.639. The van der Waals surface area contributed by atoms with Gasteiger partial charge in [-0.15, -0.1) is 0 Å². The van der Waals surface area contributed by atoms with Crippen LogP contribution in [-0.4, -0.2) is 61.7 Å². The van der Waals surface area contributed by atoms with Crippen molar-refractivity contribution in [1.82, 2.24) is 0 Å². The summed E-state index contributed by atoms with van der Waals surface area (Å²) in [5.41, 5.74) is 2.39. The van der Waals surface area contributed by atoms with Gasteiger partial charge in [0.15, 0.2) is 23.0 Å². The van der Waals surface area contributed by atoms with E-state index < -0.39 is 0 Å². The molecule has 7 heteroatoms. The van der Waals surface area contributed by atoms with Gasteiger partial charge in [-0.2, -0.15) is 0 Å². The monoisotopic (exact) mass is 418 g/mol. The van der Waals surface area contributed by atoms with Crippen LogP contribution in [0.5, 0.6) is 28.7 Å². The van der Waals surface area contributed by atoms with Gasteiger partial charge in [0.25, 0.3) is 0 Å². The van der Waals surface area contributed by atoms with Crippen molar-refractivity contribution in [2.24, 2.45) is 0 Å². The molecule has 2 aromatic carbocycles. The van der Waals surface area contributed by atoms with Crippen LogP contribution in [-0.2, 0) is 13.1 Å². The van der Waals surface area contributed by atoms with Crippen LogP contribution in [0.15, 0.2) is 30.3 Å². The lowest BCUT2D eigenvalue weighted by Gasteiger charge is -2.30. The summed E-state index contributed by atoms with van der Waals surface area (Å²) < 4.78 is 27.4. The van der Waals surface area contributed by atoms with Gasteiger partial charge in [-0.3, -0.25) is 0 Å². The highest BCUT2D eigenvalue weighted by Gasteiger charge is 2.25. The van der Waals surface area contributed by atoms with E-state index in [4.69, 9.17) is 23.7 Å². The molecular formula is C23H34N2O5+2. The Labute approximate surface area is 179 Å². The van der Waals surface area contributed by atoms with Gasteiger partial charge >= 0.3 is 0 Å². The van der Waals surface area contributed by atoms with Crippen LogP contribution in [0.3, 0.4) is 0 Å². The van der Waals surface area contributed by atoms with Crippen LogP contribution in [0.4, 0.5) is 0 Å². The summed E-state index contributed by atoms with van der Waals surface area (Å²) >= 11 is 0. The Hall–Kier alpha value is -2.64. The molecule has 1 fully saturated rings. The van der Waals surface area contributed by atoms with E-state index in [1.54, 1.807) is 45.3 Å². The summed E-state index contributed by atoms with van der Waals surface area (Å²) in [5.74, 6) is 3.70. The van der Waals surface area contributed by atoms with Gasteiger partial charge < -0.3 is 33.5 Å². The minimum absolute atomic E-state index is 0.639. The zero-order valence-corrected chi connectivity index (χ0v) is 18.7. The van der Waals surface area contributed by atoms with Crippen molar-refractivity contribution >= 4 is 0 Å². The van der Waals surface area contributed by atoms with Gasteiger partial charge in [0, 0.05) is 5.56 Å². The third-order valence-corrected chi connectivity index (χ3v) is 5.77. The van der Waals surface area contributed by atoms with Crippen LogP contribution in [0.2, 0.25) is 0 Å². The largest absolute Gasteiger partial charge is 0.493 e. The van der Waals surface area contributed by atoms with Crippen molar-refractivity contribution in [2.75, 3.05) is 61.7 Å². The molecule has 1 heterocycles. The summed E-state index contributed by atoms with van der Waals surface area (Å²) in [6, 6.07) is 10.2. The first-order chi connectivity index (χ1) is 14.6. The van der Waals surface area contributed by atoms with Crippen LogP contribution in [0, 0.1) is 0 Å². The Morgan fingerprint density at radius 3 is 1.67 bits per heavy atom. The highest BCUT2D eigenvalue weighted by Crippen LogP contribution is 2.38. The van der Waals surface area contributed by atoms with E-state index in [2.05, 4.69) is 18.2 Å².